The van der Waals surface area contributed by atoms with Crippen LogP contribution in [0.5, 0.6) is 0 Å². The number of rotatable bonds is 4. The monoisotopic (exact) mass is 228 g/mol. The highest BCUT2D eigenvalue weighted by Gasteiger charge is 2.29. The molecule has 0 aromatic heterocycles. The Labute approximate surface area is 98.1 Å². The van der Waals surface area contributed by atoms with Crippen LogP contribution in [0, 0.1) is 0 Å². The van der Waals surface area contributed by atoms with Gasteiger partial charge in [-0.1, -0.05) is 6.92 Å². The molecular weight excluding hydrogens is 204 g/mol. The van der Waals surface area contributed by atoms with Crippen molar-refractivity contribution in [2.45, 2.75) is 64.3 Å². The smallest absolute Gasteiger partial charge is 0.248 e. The average molecular weight is 228 g/mol. The third kappa shape index (κ3) is 3.46. The highest BCUT2D eigenvalue weighted by Crippen LogP contribution is 2.20. The molecule has 0 spiro atoms. The molecule has 1 fully saturated rings. The Morgan fingerprint density at radius 2 is 2.25 bits per heavy atom. The van der Waals surface area contributed by atoms with E-state index in [1.54, 1.807) is 7.05 Å². The number of carbonyl (C=O) groups excluding carboxylic acids is 1. The van der Waals surface area contributed by atoms with Gasteiger partial charge in [-0.05, 0) is 33.1 Å². The van der Waals surface area contributed by atoms with Gasteiger partial charge in [0, 0.05) is 19.1 Å². The minimum Gasteiger partial charge on any atom is -0.364 e. The Hall–Kier alpha value is -0.610. The zero-order valence-corrected chi connectivity index (χ0v) is 10.7. The van der Waals surface area contributed by atoms with E-state index in [2.05, 4.69) is 24.5 Å². The Kier molecular flexibility index (Phi) is 5.22. The molecule has 0 radical (unpaired) electrons. The first-order valence-electron chi connectivity index (χ1n) is 6.21. The molecule has 1 aliphatic heterocycles. The molecule has 0 bridgehead atoms. The quantitative estimate of drug-likeness (QED) is 0.756. The zero-order chi connectivity index (χ0) is 12.1. The summed E-state index contributed by atoms with van der Waals surface area (Å²) in [4.78, 5) is 11.4. The van der Waals surface area contributed by atoms with Gasteiger partial charge >= 0.3 is 0 Å². The number of ether oxygens (including phenoxy) is 1. The summed E-state index contributed by atoms with van der Waals surface area (Å²) in [6.07, 6.45) is 2.98. The molecule has 1 saturated heterocycles. The van der Waals surface area contributed by atoms with Crippen LogP contribution in [-0.4, -0.2) is 37.2 Å². The molecule has 94 valence electrons. The van der Waals surface area contributed by atoms with Gasteiger partial charge in [0.05, 0.1) is 6.10 Å². The largest absolute Gasteiger partial charge is 0.364 e. The second kappa shape index (κ2) is 6.21. The van der Waals surface area contributed by atoms with Crippen molar-refractivity contribution in [2.75, 3.05) is 7.05 Å². The van der Waals surface area contributed by atoms with Crippen LogP contribution >= 0.6 is 0 Å². The van der Waals surface area contributed by atoms with Crippen LogP contribution in [0.25, 0.3) is 0 Å². The fraction of sp³-hybridized carbons (Fsp3) is 0.917. The number of hydrogen-bond donors (Lipinski definition) is 2. The van der Waals surface area contributed by atoms with Crippen LogP contribution in [0.2, 0.25) is 0 Å². The Morgan fingerprint density at radius 3 is 2.81 bits per heavy atom. The van der Waals surface area contributed by atoms with E-state index in [9.17, 15) is 4.79 Å². The number of likely N-dealkylation sites (N-methyl/N-ethyl adjacent to an activating group) is 1. The van der Waals surface area contributed by atoms with Crippen LogP contribution in [0.15, 0.2) is 0 Å². The van der Waals surface area contributed by atoms with E-state index in [1.807, 2.05) is 6.92 Å². The summed E-state index contributed by atoms with van der Waals surface area (Å²) in [6.45, 7) is 6.15. The topological polar surface area (TPSA) is 50.4 Å². The van der Waals surface area contributed by atoms with Crippen LogP contribution in [0.4, 0.5) is 0 Å². The molecule has 0 aromatic carbocycles. The number of hydrogen-bond acceptors (Lipinski definition) is 3. The molecule has 1 amide bonds. The van der Waals surface area contributed by atoms with Crippen molar-refractivity contribution < 1.29 is 9.53 Å². The third-order valence-corrected chi connectivity index (χ3v) is 3.27. The molecule has 16 heavy (non-hydrogen) atoms. The lowest BCUT2D eigenvalue weighted by molar-refractivity contribution is -0.137. The van der Waals surface area contributed by atoms with Gasteiger partial charge in [0.1, 0.15) is 6.10 Å². The van der Waals surface area contributed by atoms with Gasteiger partial charge in [-0.25, -0.2) is 0 Å². The summed E-state index contributed by atoms with van der Waals surface area (Å²) in [6, 6.07) is 0.927. The third-order valence-electron chi connectivity index (χ3n) is 3.27. The Morgan fingerprint density at radius 1 is 1.56 bits per heavy atom. The first-order chi connectivity index (χ1) is 7.58. The zero-order valence-electron chi connectivity index (χ0n) is 10.7. The molecule has 4 heteroatoms. The van der Waals surface area contributed by atoms with Crippen molar-refractivity contribution in [1.29, 1.82) is 0 Å². The van der Waals surface area contributed by atoms with Crippen LogP contribution in [0.3, 0.4) is 0 Å². The van der Waals surface area contributed by atoms with Crippen molar-refractivity contribution in [3.63, 3.8) is 0 Å². The van der Waals surface area contributed by atoms with E-state index in [-0.39, 0.29) is 18.1 Å². The highest BCUT2D eigenvalue weighted by atomic mass is 16.5. The van der Waals surface area contributed by atoms with Crippen molar-refractivity contribution in [2.24, 2.45) is 0 Å². The second-order valence-electron chi connectivity index (χ2n) is 4.59. The summed E-state index contributed by atoms with van der Waals surface area (Å²) in [5.41, 5.74) is 0. The van der Waals surface area contributed by atoms with E-state index in [4.69, 9.17) is 4.74 Å². The van der Waals surface area contributed by atoms with E-state index >= 15 is 0 Å². The minimum atomic E-state index is -0.362. The van der Waals surface area contributed by atoms with Crippen LogP contribution in [0.1, 0.15) is 40.0 Å². The van der Waals surface area contributed by atoms with Crippen molar-refractivity contribution >= 4 is 5.91 Å². The fourth-order valence-electron chi connectivity index (χ4n) is 2.24. The molecule has 0 saturated carbocycles. The molecule has 4 atom stereocenters. The number of amides is 1. The predicted molar refractivity (Wildman–Crippen MR) is 64.3 cm³/mol. The number of carbonyl (C=O) groups is 1. The first kappa shape index (κ1) is 13.5. The van der Waals surface area contributed by atoms with E-state index in [1.165, 1.54) is 0 Å². The Balaban J connectivity index is 2.48. The lowest BCUT2D eigenvalue weighted by atomic mass is 9.94. The summed E-state index contributed by atoms with van der Waals surface area (Å²) in [7, 11) is 1.64. The van der Waals surface area contributed by atoms with Gasteiger partial charge in [-0.2, -0.15) is 0 Å². The van der Waals surface area contributed by atoms with Gasteiger partial charge in [-0.15, -0.1) is 0 Å². The standard InChI is InChI=1S/C12H24N2O2/c1-5-10-11(7-6-8(2)14-10)16-9(3)12(15)13-4/h8-11,14H,5-7H2,1-4H3,(H,13,15). The first-order valence-corrected chi connectivity index (χ1v) is 6.21. The van der Waals surface area contributed by atoms with Crippen molar-refractivity contribution in [3.8, 4) is 0 Å². The maximum atomic E-state index is 11.4. The van der Waals surface area contributed by atoms with Gasteiger partial charge in [0.25, 0.3) is 0 Å². The molecular formula is C12H24N2O2. The highest BCUT2D eigenvalue weighted by molar-refractivity contribution is 5.79. The second-order valence-corrected chi connectivity index (χ2v) is 4.59. The summed E-state index contributed by atoms with van der Waals surface area (Å²) in [5.74, 6) is -0.0477. The number of piperidine rings is 1. The van der Waals surface area contributed by atoms with Crippen molar-refractivity contribution in [1.82, 2.24) is 10.6 Å². The normalized spacial score (nSPS) is 32.1. The molecule has 1 rings (SSSR count). The molecule has 4 unspecified atom stereocenters. The molecule has 0 aromatic rings. The fourth-order valence-corrected chi connectivity index (χ4v) is 2.24. The molecule has 2 N–H and O–H groups in total. The summed E-state index contributed by atoms with van der Waals surface area (Å²) in [5, 5.41) is 6.13. The predicted octanol–water partition coefficient (Wildman–Crippen LogP) is 1.06. The van der Waals surface area contributed by atoms with Gasteiger partial charge in [0.2, 0.25) is 5.91 Å². The van der Waals surface area contributed by atoms with Crippen LogP contribution < -0.4 is 10.6 Å². The van der Waals surface area contributed by atoms with Crippen molar-refractivity contribution in [3.05, 3.63) is 0 Å². The van der Waals surface area contributed by atoms with E-state index in [0.29, 0.717) is 12.1 Å². The minimum absolute atomic E-state index is 0.0477. The summed E-state index contributed by atoms with van der Waals surface area (Å²) < 4.78 is 5.82. The summed E-state index contributed by atoms with van der Waals surface area (Å²) >= 11 is 0. The maximum absolute atomic E-state index is 11.4. The Bertz CT molecular complexity index is 233. The molecule has 4 nitrogen and oxygen atoms in total. The van der Waals surface area contributed by atoms with Gasteiger partial charge in [0.15, 0.2) is 0 Å². The van der Waals surface area contributed by atoms with Gasteiger partial charge < -0.3 is 15.4 Å². The average Bonchev–Trinajstić information content (AvgIpc) is 2.30. The maximum Gasteiger partial charge on any atom is 0.248 e. The molecule has 1 heterocycles. The van der Waals surface area contributed by atoms with Crippen LogP contribution in [-0.2, 0) is 9.53 Å². The SMILES string of the molecule is CCC1NC(C)CCC1OC(C)C(=O)NC. The van der Waals surface area contributed by atoms with Gasteiger partial charge in [-0.3, -0.25) is 4.79 Å². The lowest BCUT2D eigenvalue weighted by Crippen LogP contribution is -2.51. The number of nitrogens with one attached hydrogen (secondary N) is 2. The lowest BCUT2D eigenvalue weighted by Gasteiger charge is -2.36. The molecule has 0 aliphatic carbocycles. The van der Waals surface area contributed by atoms with E-state index in [0.717, 1.165) is 19.3 Å². The molecule has 1 aliphatic rings. The van der Waals surface area contributed by atoms with E-state index < -0.39 is 0 Å².